The quantitative estimate of drug-likeness (QED) is 0.475. The van der Waals surface area contributed by atoms with Gasteiger partial charge >= 0.3 is 0 Å². The Morgan fingerprint density at radius 3 is 2.20 bits per heavy atom. The molecule has 0 aliphatic carbocycles. The number of rotatable bonds is 2. The van der Waals surface area contributed by atoms with Gasteiger partial charge in [0.25, 0.3) is 0 Å². The molecule has 0 fully saturated rings. The summed E-state index contributed by atoms with van der Waals surface area (Å²) in [5, 5.41) is 10.8. The minimum absolute atomic E-state index is 0. The van der Waals surface area contributed by atoms with Crippen LogP contribution in [0.25, 0.3) is 0 Å². The molecule has 0 saturated heterocycles. The van der Waals surface area contributed by atoms with Crippen LogP contribution in [0.15, 0.2) is 0 Å². The number of nitrogens with zero attached hydrogens (tertiary/aromatic N) is 1. The van der Waals surface area contributed by atoms with E-state index in [9.17, 15) is 10.1 Å². The van der Waals surface area contributed by atoms with Crippen molar-refractivity contribution in [2.24, 2.45) is 0 Å². The van der Waals surface area contributed by atoms with Gasteiger partial charge in [0.1, 0.15) is 0 Å². The largest absolute Gasteiger partial charge is 0.547 e. The van der Waals surface area contributed by atoms with Crippen molar-refractivity contribution < 1.29 is 42.4 Å². The first-order valence-corrected chi connectivity index (χ1v) is 4.20. The zero-order chi connectivity index (χ0) is 10.9. The Bertz CT molecular complexity index is 391. The third kappa shape index (κ3) is 2.76. The van der Waals surface area contributed by atoms with Crippen molar-refractivity contribution >= 4 is 5.69 Å². The van der Waals surface area contributed by atoms with E-state index in [4.69, 9.17) is 4.74 Å². The summed E-state index contributed by atoms with van der Waals surface area (Å²) in [5.74, 6) is 0.304. The molecule has 0 spiro atoms. The number of aryl methyl sites for hydroxylation is 2. The summed E-state index contributed by atoms with van der Waals surface area (Å²) >= 11 is 0. The van der Waals surface area contributed by atoms with Crippen molar-refractivity contribution in [1.29, 1.82) is 0 Å². The van der Waals surface area contributed by atoms with E-state index in [1.807, 2.05) is 0 Å². The van der Waals surface area contributed by atoms with E-state index in [1.165, 1.54) is 7.11 Å². The van der Waals surface area contributed by atoms with Crippen LogP contribution in [-0.2, 0) is 32.7 Å². The first-order valence-electron chi connectivity index (χ1n) is 4.20. The Morgan fingerprint density at radius 1 is 1.27 bits per heavy atom. The SMILES string of the molecule is COc1c(C)[c-]c(C)c(C)c1[N+](=O)[O-].[Y]. The van der Waals surface area contributed by atoms with Gasteiger partial charge in [-0.3, -0.25) is 10.1 Å². The van der Waals surface area contributed by atoms with E-state index in [-0.39, 0.29) is 38.4 Å². The Kier molecular flexibility index (Phi) is 5.39. The minimum atomic E-state index is -0.415. The van der Waals surface area contributed by atoms with Gasteiger partial charge < -0.3 is 4.74 Å². The molecular formula is C10H12NO3Y-. The molecule has 0 bridgehead atoms. The molecule has 0 N–H and O–H groups in total. The molecule has 0 aromatic heterocycles. The maximum atomic E-state index is 10.8. The van der Waals surface area contributed by atoms with Gasteiger partial charge in [-0.1, -0.05) is 26.3 Å². The van der Waals surface area contributed by atoms with Gasteiger partial charge in [0, 0.05) is 37.6 Å². The molecule has 1 radical (unpaired) electrons. The fraction of sp³-hybridized carbons (Fsp3) is 0.400. The standard InChI is InChI=1S/C10H12NO3.Y/c1-6-5-7(2)10(14-4)9(8(6)3)11(12)13;/h1-4H3;/q-1;. The molecule has 0 unspecified atom stereocenters. The zero-order valence-corrected chi connectivity index (χ0v) is 12.1. The summed E-state index contributed by atoms with van der Waals surface area (Å²) in [7, 11) is 1.43. The van der Waals surface area contributed by atoms with Crippen molar-refractivity contribution in [3.8, 4) is 5.75 Å². The molecule has 0 aliphatic heterocycles. The number of ether oxygens (including phenoxy) is 1. The molecule has 0 saturated carbocycles. The van der Waals surface area contributed by atoms with Crippen LogP contribution in [0.1, 0.15) is 16.7 Å². The van der Waals surface area contributed by atoms with E-state index < -0.39 is 4.92 Å². The molecule has 0 amide bonds. The molecule has 0 aliphatic rings. The average molecular weight is 283 g/mol. The van der Waals surface area contributed by atoms with Crippen LogP contribution in [0, 0.1) is 37.0 Å². The first kappa shape index (κ1) is 14.5. The summed E-state index contributed by atoms with van der Waals surface area (Å²) in [6, 6.07) is 3.02. The van der Waals surface area contributed by atoms with Crippen molar-refractivity contribution in [3.05, 3.63) is 32.9 Å². The summed E-state index contributed by atoms with van der Waals surface area (Å²) in [4.78, 5) is 10.4. The number of hydrogen-bond donors (Lipinski definition) is 0. The van der Waals surface area contributed by atoms with Crippen LogP contribution >= 0.6 is 0 Å². The number of methoxy groups -OCH3 is 1. The Morgan fingerprint density at radius 2 is 1.80 bits per heavy atom. The average Bonchev–Trinajstić information content (AvgIpc) is 2.10. The fourth-order valence-corrected chi connectivity index (χ4v) is 1.43. The Labute approximate surface area is 114 Å². The fourth-order valence-electron chi connectivity index (χ4n) is 1.43. The van der Waals surface area contributed by atoms with E-state index in [0.717, 1.165) is 5.56 Å². The second-order valence-electron chi connectivity index (χ2n) is 3.14. The summed E-state index contributed by atoms with van der Waals surface area (Å²) in [5.41, 5.74) is 2.11. The van der Waals surface area contributed by atoms with Gasteiger partial charge in [-0.05, 0) is 0 Å². The van der Waals surface area contributed by atoms with E-state index in [2.05, 4.69) is 6.07 Å². The topological polar surface area (TPSA) is 52.4 Å². The maximum absolute atomic E-state index is 10.8. The van der Waals surface area contributed by atoms with Crippen LogP contribution in [0.4, 0.5) is 5.69 Å². The van der Waals surface area contributed by atoms with Gasteiger partial charge in [-0.25, -0.2) is 0 Å². The van der Waals surface area contributed by atoms with E-state index in [0.29, 0.717) is 16.9 Å². The van der Waals surface area contributed by atoms with Crippen molar-refractivity contribution in [2.45, 2.75) is 20.8 Å². The van der Waals surface area contributed by atoms with E-state index >= 15 is 0 Å². The minimum Gasteiger partial charge on any atom is -0.547 e. The van der Waals surface area contributed by atoms with Crippen LogP contribution in [0.5, 0.6) is 5.75 Å². The summed E-state index contributed by atoms with van der Waals surface area (Å²) in [6.45, 7) is 5.25. The third-order valence-electron chi connectivity index (χ3n) is 2.24. The number of nitro groups is 1. The van der Waals surface area contributed by atoms with Crippen LogP contribution < -0.4 is 4.74 Å². The zero-order valence-electron chi connectivity index (χ0n) is 9.25. The third-order valence-corrected chi connectivity index (χ3v) is 2.24. The van der Waals surface area contributed by atoms with Gasteiger partial charge in [-0.2, -0.15) is 11.6 Å². The van der Waals surface area contributed by atoms with Crippen LogP contribution in [0.2, 0.25) is 0 Å². The number of hydrogen-bond acceptors (Lipinski definition) is 3. The van der Waals surface area contributed by atoms with Crippen molar-refractivity contribution in [1.82, 2.24) is 0 Å². The molecule has 1 aromatic carbocycles. The molecule has 15 heavy (non-hydrogen) atoms. The normalized spacial score (nSPS) is 9.33. The second-order valence-corrected chi connectivity index (χ2v) is 3.14. The van der Waals surface area contributed by atoms with Crippen molar-refractivity contribution in [2.75, 3.05) is 7.11 Å². The van der Waals surface area contributed by atoms with Crippen LogP contribution in [0.3, 0.4) is 0 Å². The predicted molar refractivity (Wildman–Crippen MR) is 52.7 cm³/mol. The molecule has 79 valence electrons. The molecule has 0 atom stereocenters. The van der Waals surface area contributed by atoms with Crippen LogP contribution in [-0.4, -0.2) is 12.0 Å². The first-order chi connectivity index (χ1) is 6.49. The number of nitro benzene ring substituents is 1. The Hall–Kier alpha value is -0.476. The summed E-state index contributed by atoms with van der Waals surface area (Å²) < 4.78 is 5.00. The monoisotopic (exact) mass is 283 g/mol. The second kappa shape index (κ2) is 5.56. The molecule has 5 heteroatoms. The predicted octanol–water partition coefficient (Wildman–Crippen LogP) is 2.33. The smallest absolute Gasteiger partial charge is 0.210 e. The van der Waals surface area contributed by atoms with Gasteiger partial charge in [0.05, 0.1) is 12.9 Å². The molecule has 4 nitrogen and oxygen atoms in total. The molecular weight excluding hydrogens is 271 g/mol. The Balaban J connectivity index is 0.00000196. The van der Waals surface area contributed by atoms with Gasteiger partial charge in [0.2, 0.25) is 5.69 Å². The van der Waals surface area contributed by atoms with Gasteiger partial charge in [0.15, 0.2) is 0 Å². The van der Waals surface area contributed by atoms with Crippen molar-refractivity contribution in [3.63, 3.8) is 0 Å². The molecule has 1 aromatic rings. The molecule has 0 heterocycles. The summed E-state index contributed by atoms with van der Waals surface area (Å²) in [6.07, 6.45) is 0. The van der Waals surface area contributed by atoms with E-state index in [1.54, 1.807) is 20.8 Å². The maximum Gasteiger partial charge on any atom is 0.210 e. The molecule has 1 rings (SSSR count). The number of benzene rings is 1. The van der Waals surface area contributed by atoms with Gasteiger partial charge in [-0.15, -0.1) is 5.56 Å².